The summed E-state index contributed by atoms with van der Waals surface area (Å²) >= 11 is 5.60. The number of aromatic nitrogens is 3. The van der Waals surface area contributed by atoms with E-state index in [0.717, 1.165) is 0 Å². The Bertz CT molecular complexity index is 494. The zero-order chi connectivity index (χ0) is 10.1. The molecule has 0 unspecified atom stereocenters. The third-order valence-electron chi connectivity index (χ3n) is 1.74. The third kappa shape index (κ3) is 1.54. The van der Waals surface area contributed by atoms with Crippen LogP contribution in [0.15, 0.2) is 18.2 Å². The summed E-state index contributed by atoms with van der Waals surface area (Å²) < 4.78 is 1.43. The molecule has 0 saturated carbocycles. The van der Waals surface area contributed by atoms with E-state index in [4.69, 9.17) is 16.7 Å². The Labute approximate surface area is 83.9 Å². The Morgan fingerprint density at radius 2 is 2.36 bits per heavy atom. The van der Waals surface area contributed by atoms with E-state index in [9.17, 15) is 4.79 Å². The zero-order valence-electron chi connectivity index (χ0n) is 7.01. The predicted octanol–water partition coefficient (Wildman–Crippen LogP) is 1.01. The van der Waals surface area contributed by atoms with Crippen LogP contribution in [0, 0.1) is 0 Å². The van der Waals surface area contributed by atoms with E-state index in [1.165, 1.54) is 4.52 Å². The summed E-state index contributed by atoms with van der Waals surface area (Å²) in [5.41, 5.74) is 1.10. The van der Waals surface area contributed by atoms with Crippen molar-refractivity contribution in [2.24, 2.45) is 0 Å². The first kappa shape index (κ1) is 8.96. The Balaban J connectivity index is 2.58. The van der Waals surface area contributed by atoms with Crippen molar-refractivity contribution in [3.05, 3.63) is 29.2 Å². The standard InChI is InChI=1S/C8H6ClN3O2/c9-8-10-6-3-1-2-5(4-7(13)14)12(6)11-8/h1-3H,4H2,(H,13,14). The molecule has 1 N–H and O–H groups in total. The first-order valence-electron chi connectivity index (χ1n) is 3.89. The number of carboxylic acids is 1. The van der Waals surface area contributed by atoms with Gasteiger partial charge in [-0.25, -0.2) is 4.52 Å². The van der Waals surface area contributed by atoms with Crippen LogP contribution < -0.4 is 0 Å². The summed E-state index contributed by atoms with van der Waals surface area (Å²) in [6.07, 6.45) is -0.100. The summed E-state index contributed by atoms with van der Waals surface area (Å²) in [4.78, 5) is 14.4. The van der Waals surface area contributed by atoms with E-state index >= 15 is 0 Å². The molecule has 0 amide bonds. The van der Waals surface area contributed by atoms with Crippen molar-refractivity contribution in [2.75, 3.05) is 0 Å². The van der Waals surface area contributed by atoms with Crippen molar-refractivity contribution in [1.29, 1.82) is 0 Å². The van der Waals surface area contributed by atoms with Gasteiger partial charge in [-0.2, -0.15) is 4.98 Å². The van der Waals surface area contributed by atoms with Crippen LogP contribution in [0.2, 0.25) is 5.28 Å². The van der Waals surface area contributed by atoms with Crippen molar-refractivity contribution in [2.45, 2.75) is 6.42 Å². The fourth-order valence-electron chi connectivity index (χ4n) is 1.22. The van der Waals surface area contributed by atoms with E-state index in [1.807, 2.05) is 0 Å². The van der Waals surface area contributed by atoms with Crippen LogP contribution in [0.4, 0.5) is 0 Å². The van der Waals surface area contributed by atoms with Gasteiger partial charge < -0.3 is 5.11 Å². The fourth-order valence-corrected chi connectivity index (χ4v) is 1.38. The Morgan fingerprint density at radius 1 is 1.57 bits per heavy atom. The summed E-state index contributed by atoms with van der Waals surface area (Å²) in [6.45, 7) is 0. The lowest BCUT2D eigenvalue weighted by Gasteiger charge is -1.98. The number of pyridine rings is 1. The van der Waals surface area contributed by atoms with Crippen LogP contribution in [-0.2, 0) is 11.2 Å². The molecule has 0 aliphatic carbocycles. The minimum Gasteiger partial charge on any atom is -0.481 e. The van der Waals surface area contributed by atoms with Gasteiger partial charge in [0.05, 0.1) is 12.1 Å². The lowest BCUT2D eigenvalue weighted by Crippen LogP contribution is -2.06. The monoisotopic (exact) mass is 211 g/mol. The molecule has 0 aliphatic heterocycles. The molecule has 0 bridgehead atoms. The van der Waals surface area contributed by atoms with Crippen LogP contribution in [0.25, 0.3) is 5.65 Å². The Hall–Kier alpha value is -1.62. The third-order valence-corrected chi connectivity index (χ3v) is 1.90. The number of fused-ring (bicyclic) bond motifs is 1. The normalized spacial score (nSPS) is 10.6. The number of hydrogen-bond acceptors (Lipinski definition) is 3. The average molecular weight is 212 g/mol. The van der Waals surface area contributed by atoms with Crippen molar-refractivity contribution >= 4 is 23.2 Å². The Kier molecular flexibility index (Phi) is 2.09. The molecule has 72 valence electrons. The lowest BCUT2D eigenvalue weighted by atomic mass is 10.3. The largest absolute Gasteiger partial charge is 0.481 e. The van der Waals surface area contributed by atoms with Gasteiger partial charge in [0.15, 0.2) is 5.65 Å². The Morgan fingerprint density at radius 3 is 3.07 bits per heavy atom. The van der Waals surface area contributed by atoms with Crippen LogP contribution in [0.1, 0.15) is 5.69 Å². The van der Waals surface area contributed by atoms with Gasteiger partial charge in [-0.15, -0.1) is 5.10 Å². The highest BCUT2D eigenvalue weighted by atomic mass is 35.5. The maximum atomic E-state index is 10.5. The van der Waals surface area contributed by atoms with Gasteiger partial charge in [-0.1, -0.05) is 6.07 Å². The smallest absolute Gasteiger partial charge is 0.309 e. The van der Waals surface area contributed by atoms with Crippen molar-refractivity contribution < 1.29 is 9.90 Å². The molecule has 0 aromatic carbocycles. The first-order valence-corrected chi connectivity index (χ1v) is 4.26. The van der Waals surface area contributed by atoms with E-state index in [2.05, 4.69) is 10.1 Å². The first-order chi connectivity index (χ1) is 6.66. The highest BCUT2D eigenvalue weighted by Crippen LogP contribution is 2.09. The summed E-state index contributed by atoms with van der Waals surface area (Å²) in [7, 11) is 0. The molecular weight excluding hydrogens is 206 g/mol. The second kappa shape index (κ2) is 3.26. The second-order valence-corrected chi connectivity index (χ2v) is 3.08. The number of carboxylic acid groups (broad SMARTS) is 1. The minimum absolute atomic E-state index is 0.100. The van der Waals surface area contributed by atoms with Gasteiger partial charge in [0, 0.05) is 0 Å². The average Bonchev–Trinajstić information content (AvgIpc) is 2.45. The molecule has 5 nitrogen and oxygen atoms in total. The van der Waals surface area contributed by atoms with Crippen molar-refractivity contribution in [1.82, 2.24) is 14.6 Å². The quantitative estimate of drug-likeness (QED) is 0.805. The van der Waals surface area contributed by atoms with Gasteiger partial charge in [0.25, 0.3) is 0 Å². The number of hydrogen-bond donors (Lipinski definition) is 1. The van der Waals surface area contributed by atoms with Gasteiger partial charge in [0.2, 0.25) is 5.28 Å². The maximum Gasteiger partial charge on any atom is 0.309 e. The number of halogens is 1. The molecule has 2 aromatic heterocycles. The second-order valence-electron chi connectivity index (χ2n) is 2.74. The number of aliphatic carboxylic acids is 1. The molecular formula is C8H6ClN3O2. The molecule has 0 fully saturated rings. The molecule has 0 spiro atoms. The topological polar surface area (TPSA) is 67.5 Å². The molecule has 0 atom stereocenters. The molecule has 0 aliphatic rings. The van der Waals surface area contributed by atoms with Crippen molar-refractivity contribution in [3.63, 3.8) is 0 Å². The molecule has 0 saturated heterocycles. The lowest BCUT2D eigenvalue weighted by molar-refractivity contribution is -0.136. The maximum absolute atomic E-state index is 10.5. The number of carbonyl (C=O) groups is 1. The van der Waals surface area contributed by atoms with Gasteiger partial charge in [-0.05, 0) is 23.7 Å². The number of rotatable bonds is 2. The molecule has 6 heteroatoms. The van der Waals surface area contributed by atoms with Gasteiger partial charge >= 0.3 is 5.97 Å². The van der Waals surface area contributed by atoms with Gasteiger partial charge in [-0.3, -0.25) is 4.79 Å². The van der Waals surface area contributed by atoms with Crippen LogP contribution in [0.3, 0.4) is 0 Å². The molecule has 0 radical (unpaired) electrons. The summed E-state index contributed by atoms with van der Waals surface area (Å²) in [5.74, 6) is -0.913. The molecule has 2 rings (SSSR count). The molecule has 14 heavy (non-hydrogen) atoms. The fraction of sp³-hybridized carbons (Fsp3) is 0.125. The molecule has 2 heterocycles. The van der Waals surface area contributed by atoms with E-state index < -0.39 is 5.97 Å². The molecule has 2 aromatic rings. The van der Waals surface area contributed by atoms with E-state index in [0.29, 0.717) is 11.3 Å². The SMILES string of the molecule is O=C(O)Cc1cccc2nc(Cl)nn12. The highest BCUT2D eigenvalue weighted by Gasteiger charge is 2.07. The summed E-state index contributed by atoms with van der Waals surface area (Å²) in [5, 5.41) is 12.6. The van der Waals surface area contributed by atoms with Crippen LogP contribution in [-0.4, -0.2) is 25.7 Å². The van der Waals surface area contributed by atoms with E-state index in [-0.39, 0.29) is 11.7 Å². The minimum atomic E-state index is -0.913. The highest BCUT2D eigenvalue weighted by molar-refractivity contribution is 6.28. The van der Waals surface area contributed by atoms with E-state index in [1.54, 1.807) is 18.2 Å². The number of nitrogens with zero attached hydrogens (tertiary/aromatic N) is 3. The predicted molar refractivity (Wildman–Crippen MR) is 49.3 cm³/mol. The van der Waals surface area contributed by atoms with Crippen molar-refractivity contribution in [3.8, 4) is 0 Å². The van der Waals surface area contributed by atoms with Crippen LogP contribution in [0.5, 0.6) is 0 Å². The van der Waals surface area contributed by atoms with Gasteiger partial charge in [0.1, 0.15) is 0 Å². The zero-order valence-corrected chi connectivity index (χ0v) is 7.77. The summed E-state index contributed by atoms with van der Waals surface area (Å²) in [6, 6.07) is 5.11. The van der Waals surface area contributed by atoms with Crippen LogP contribution >= 0.6 is 11.6 Å².